The number of likely N-dealkylation sites (N-methyl/N-ethyl adjacent to an activating group) is 1. The van der Waals surface area contributed by atoms with E-state index in [2.05, 4.69) is 25.9 Å². The van der Waals surface area contributed by atoms with Crippen LogP contribution in [0, 0.1) is 0 Å². The third-order valence-electron chi connectivity index (χ3n) is 5.23. The summed E-state index contributed by atoms with van der Waals surface area (Å²) in [7, 11) is 1.78. The molecule has 34 heavy (non-hydrogen) atoms. The summed E-state index contributed by atoms with van der Waals surface area (Å²) in [5.41, 5.74) is 6.51. The molecular formula is C20H23CaN7O6. The molecule has 0 fully saturated rings. The number of H-pyrrole nitrogens is 1. The summed E-state index contributed by atoms with van der Waals surface area (Å²) in [5, 5.41) is 30.2. The van der Waals surface area contributed by atoms with Crippen LogP contribution in [0.5, 0.6) is 0 Å². The largest absolute Gasteiger partial charge is 2.00 e. The van der Waals surface area contributed by atoms with Gasteiger partial charge >= 0.3 is 37.7 Å². The number of nitrogens with one attached hydrogen (secondary N) is 4. The fraction of sp³-hybridized carbons (Fsp3) is 0.350. The van der Waals surface area contributed by atoms with E-state index in [0.29, 0.717) is 30.3 Å². The first-order valence-electron chi connectivity index (χ1n) is 10.1. The quantitative estimate of drug-likeness (QED) is 0.217. The average Bonchev–Trinajstić information content (AvgIpc) is 2.75. The molecule has 1 amide bonds. The SMILES string of the molecule is CN1c2c(nc(N)[nH]c2=O)NCC1CNc1ccc(C(=O)NC(CCC(=O)[O-])C(=O)[O-])cc1.[Ca+2]. The molecule has 0 spiro atoms. The number of rotatable bonds is 9. The molecule has 6 N–H and O–H groups in total. The number of carbonyl (C=O) groups is 3. The van der Waals surface area contributed by atoms with Gasteiger partial charge in [0.1, 0.15) is 5.69 Å². The van der Waals surface area contributed by atoms with Gasteiger partial charge in [-0.25, -0.2) is 0 Å². The molecule has 0 saturated carbocycles. The summed E-state index contributed by atoms with van der Waals surface area (Å²) in [4.78, 5) is 54.5. The number of amides is 1. The molecule has 13 nitrogen and oxygen atoms in total. The van der Waals surface area contributed by atoms with Crippen molar-refractivity contribution in [3.63, 3.8) is 0 Å². The minimum atomic E-state index is -1.58. The number of aromatic nitrogens is 2. The molecule has 3 rings (SSSR count). The zero-order valence-electron chi connectivity index (χ0n) is 18.4. The maximum absolute atomic E-state index is 12.3. The molecule has 2 unspecified atom stereocenters. The summed E-state index contributed by atoms with van der Waals surface area (Å²) in [6.45, 7) is 0.984. The maximum atomic E-state index is 12.3. The van der Waals surface area contributed by atoms with Crippen molar-refractivity contribution in [2.24, 2.45) is 0 Å². The summed E-state index contributed by atoms with van der Waals surface area (Å²) in [6.07, 6.45) is -0.862. The van der Waals surface area contributed by atoms with E-state index in [1.807, 2.05) is 0 Å². The van der Waals surface area contributed by atoms with Gasteiger partial charge in [-0.15, -0.1) is 0 Å². The Morgan fingerprint density at radius 2 is 1.94 bits per heavy atom. The Hall–Kier alpha value is -3.03. The van der Waals surface area contributed by atoms with E-state index < -0.39 is 30.3 Å². The molecular weight excluding hydrogens is 474 g/mol. The molecule has 0 radical (unpaired) electrons. The molecule has 2 aromatic rings. The Labute approximate surface area is 224 Å². The second-order valence-corrected chi connectivity index (χ2v) is 7.51. The second kappa shape index (κ2) is 11.9. The number of nitrogens with zero attached hydrogens (tertiary/aromatic N) is 2. The van der Waals surface area contributed by atoms with Gasteiger partial charge in [0.15, 0.2) is 5.82 Å². The van der Waals surface area contributed by atoms with Gasteiger partial charge < -0.3 is 46.4 Å². The van der Waals surface area contributed by atoms with Crippen LogP contribution >= 0.6 is 0 Å². The van der Waals surface area contributed by atoms with Gasteiger partial charge in [0.2, 0.25) is 5.95 Å². The molecule has 0 aliphatic carbocycles. The molecule has 176 valence electrons. The zero-order valence-corrected chi connectivity index (χ0v) is 20.6. The number of aliphatic carboxylic acids is 2. The third kappa shape index (κ3) is 6.74. The summed E-state index contributed by atoms with van der Waals surface area (Å²) >= 11 is 0. The molecule has 1 aliphatic heterocycles. The van der Waals surface area contributed by atoms with E-state index in [0.717, 1.165) is 0 Å². The fourth-order valence-corrected chi connectivity index (χ4v) is 3.41. The van der Waals surface area contributed by atoms with Gasteiger partial charge in [-0.1, -0.05) is 0 Å². The van der Waals surface area contributed by atoms with Crippen LogP contribution in [-0.4, -0.2) is 97.8 Å². The van der Waals surface area contributed by atoms with Crippen molar-refractivity contribution in [2.45, 2.75) is 24.9 Å². The molecule has 2 heterocycles. The first-order chi connectivity index (χ1) is 15.7. The molecule has 2 atom stereocenters. The topological polar surface area (TPSA) is 208 Å². The van der Waals surface area contributed by atoms with Crippen molar-refractivity contribution < 1.29 is 24.6 Å². The number of fused-ring (bicyclic) bond motifs is 1. The molecule has 1 aromatic carbocycles. The van der Waals surface area contributed by atoms with Gasteiger partial charge in [0.05, 0.1) is 18.1 Å². The van der Waals surface area contributed by atoms with E-state index in [1.165, 1.54) is 12.1 Å². The van der Waals surface area contributed by atoms with Crippen molar-refractivity contribution in [1.29, 1.82) is 0 Å². The predicted molar refractivity (Wildman–Crippen MR) is 121 cm³/mol. The number of carbonyl (C=O) groups excluding carboxylic acids is 3. The van der Waals surface area contributed by atoms with Crippen molar-refractivity contribution in [1.82, 2.24) is 15.3 Å². The Kier molecular flexibility index (Phi) is 9.53. The van der Waals surface area contributed by atoms with Crippen LogP contribution in [0.3, 0.4) is 0 Å². The Balaban J connectivity index is 0.00000408. The van der Waals surface area contributed by atoms with Gasteiger partial charge in [-0.05, 0) is 37.1 Å². The summed E-state index contributed by atoms with van der Waals surface area (Å²) < 4.78 is 0. The van der Waals surface area contributed by atoms with Crippen LogP contribution in [0.15, 0.2) is 29.1 Å². The number of benzene rings is 1. The Morgan fingerprint density at radius 3 is 2.56 bits per heavy atom. The number of carboxylic acid groups (broad SMARTS) is 2. The monoisotopic (exact) mass is 497 g/mol. The van der Waals surface area contributed by atoms with Crippen LogP contribution < -0.4 is 42.4 Å². The van der Waals surface area contributed by atoms with E-state index in [1.54, 1.807) is 24.1 Å². The minimum absolute atomic E-state index is 0. The first kappa shape index (κ1) is 27.2. The van der Waals surface area contributed by atoms with E-state index in [9.17, 15) is 29.4 Å². The van der Waals surface area contributed by atoms with Crippen molar-refractivity contribution >= 4 is 78.7 Å². The molecule has 0 bridgehead atoms. The number of hydrogen-bond acceptors (Lipinski definition) is 11. The first-order valence-corrected chi connectivity index (χ1v) is 10.1. The molecule has 0 saturated heterocycles. The molecule has 14 heteroatoms. The maximum Gasteiger partial charge on any atom is 2.00 e. The van der Waals surface area contributed by atoms with Gasteiger partial charge in [-0.3, -0.25) is 14.6 Å². The van der Waals surface area contributed by atoms with Crippen LogP contribution in [0.25, 0.3) is 0 Å². The number of nitrogens with two attached hydrogens (primary N) is 1. The second-order valence-electron chi connectivity index (χ2n) is 7.51. The number of carboxylic acids is 2. The normalized spacial score (nSPS) is 15.2. The van der Waals surface area contributed by atoms with Crippen molar-refractivity contribution in [3.05, 3.63) is 40.2 Å². The van der Waals surface area contributed by atoms with Gasteiger partial charge in [-0.2, -0.15) is 4.98 Å². The van der Waals surface area contributed by atoms with E-state index in [-0.39, 0.29) is 67.3 Å². The minimum Gasteiger partial charge on any atom is -0.550 e. The van der Waals surface area contributed by atoms with Crippen LogP contribution in [0.1, 0.15) is 23.2 Å². The smallest absolute Gasteiger partial charge is 0.550 e. The van der Waals surface area contributed by atoms with Gasteiger partial charge in [0, 0.05) is 37.4 Å². The zero-order chi connectivity index (χ0) is 24.1. The summed E-state index contributed by atoms with van der Waals surface area (Å²) in [6, 6.07) is 4.75. The van der Waals surface area contributed by atoms with Crippen LogP contribution in [0.4, 0.5) is 23.1 Å². The fourth-order valence-electron chi connectivity index (χ4n) is 3.41. The van der Waals surface area contributed by atoms with Crippen LogP contribution in [-0.2, 0) is 9.59 Å². The molecule has 1 aromatic heterocycles. The molecule has 1 aliphatic rings. The number of nitrogen functional groups attached to an aromatic ring is 1. The Morgan fingerprint density at radius 1 is 1.26 bits per heavy atom. The standard InChI is InChI=1S/C20H25N7O6.Ca/c1-27-12(9-23-16-15(27)18(31)26-20(21)25-16)8-22-11-4-2-10(3-5-11)17(30)24-13(19(32)33)6-7-14(28)29;/h2-5,12-13,22H,6-9H2,1H3,(H,24,30)(H,28,29)(H,32,33)(H4,21,23,25,26,31);/q;+2/p-2. The van der Waals surface area contributed by atoms with Crippen molar-refractivity contribution in [2.75, 3.05) is 41.4 Å². The van der Waals surface area contributed by atoms with E-state index >= 15 is 0 Å². The van der Waals surface area contributed by atoms with Crippen molar-refractivity contribution in [3.8, 4) is 0 Å². The average molecular weight is 498 g/mol. The number of aromatic amines is 1. The Bertz CT molecular complexity index is 1110. The predicted octanol–water partition coefficient (Wildman–Crippen LogP) is -3.31. The van der Waals surface area contributed by atoms with Crippen LogP contribution in [0.2, 0.25) is 0 Å². The number of anilines is 4. The van der Waals surface area contributed by atoms with Gasteiger partial charge in [0.25, 0.3) is 11.5 Å². The summed E-state index contributed by atoms with van der Waals surface area (Å²) in [5.74, 6) is -3.22. The number of hydrogen-bond donors (Lipinski definition) is 5. The third-order valence-corrected chi connectivity index (χ3v) is 5.23. The van der Waals surface area contributed by atoms with E-state index in [4.69, 9.17) is 5.73 Å².